The van der Waals surface area contributed by atoms with E-state index in [0.29, 0.717) is 11.0 Å². The van der Waals surface area contributed by atoms with Crippen LogP contribution in [0, 0.1) is 0 Å². The molecule has 0 saturated carbocycles. The summed E-state index contributed by atoms with van der Waals surface area (Å²) in [6.07, 6.45) is 0. The first-order valence-corrected chi connectivity index (χ1v) is 4.55. The number of aliphatic carboxylic acids is 1. The lowest BCUT2D eigenvalue weighted by atomic mass is 10.2. The minimum absolute atomic E-state index is 0.235. The van der Waals surface area contributed by atoms with Crippen LogP contribution in [0.25, 0.3) is 0 Å². The van der Waals surface area contributed by atoms with Gasteiger partial charge in [-0.15, -0.1) is 0 Å². The lowest BCUT2D eigenvalue weighted by Crippen LogP contribution is -2.09. The number of ether oxygens (including phenoxy) is 1. The minimum Gasteiger partial charge on any atom is -0.479 e. The third-order valence-electron chi connectivity index (χ3n) is 1.26. The third-order valence-corrected chi connectivity index (χ3v) is 1.90. The average molecular weight is 202 g/mol. The van der Waals surface area contributed by atoms with Crippen LogP contribution in [0.5, 0.6) is 5.19 Å². The second kappa shape index (κ2) is 4.18. The lowest BCUT2D eigenvalue weighted by molar-refractivity contribution is -0.139. The van der Waals surface area contributed by atoms with Crippen molar-refractivity contribution in [1.82, 2.24) is 9.36 Å². The van der Waals surface area contributed by atoms with E-state index in [1.165, 1.54) is 0 Å². The van der Waals surface area contributed by atoms with E-state index in [1.807, 2.05) is 13.8 Å². The van der Waals surface area contributed by atoms with Crippen molar-refractivity contribution < 1.29 is 14.6 Å². The molecule has 0 aliphatic carbocycles. The van der Waals surface area contributed by atoms with Crippen molar-refractivity contribution in [3.05, 3.63) is 5.82 Å². The van der Waals surface area contributed by atoms with Gasteiger partial charge in [0.15, 0.2) is 6.61 Å². The summed E-state index contributed by atoms with van der Waals surface area (Å²) in [5, 5.41) is 8.63. The summed E-state index contributed by atoms with van der Waals surface area (Å²) in [6, 6.07) is 0. The fraction of sp³-hybridized carbons (Fsp3) is 0.571. The standard InChI is InChI=1S/C7H10N2O3S/c1-4(2)6-8-7(13-9-6)12-3-5(10)11/h4H,3H2,1-2H3,(H,10,11). The van der Waals surface area contributed by atoms with Crippen LogP contribution in [0.15, 0.2) is 0 Å². The van der Waals surface area contributed by atoms with Gasteiger partial charge in [-0.1, -0.05) is 13.8 Å². The summed E-state index contributed by atoms with van der Waals surface area (Å²) < 4.78 is 8.85. The van der Waals surface area contributed by atoms with Crippen LogP contribution in [-0.2, 0) is 4.79 Å². The average Bonchev–Trinajstić information content (AvgIpc) is 2.48. The number of aromatic nitrogens is 2. The van der Waals surface area contributed by atoms with Crippen LogP contribution in [0.1, 0.15) is 25.6 Å². The Bertz CT molecular complexity index is 298. The van der Waals surface area contributed by atoms with Gasteiger partial charge >= 0.3 is 5.97 Å². The molecule has 72 valence electrons. The van der Waals surface area contributed by atoms with E-state index in [-0.39, 0.29) is 12.5 Å². The summed E-state index contributed by atoms with van der Waals surface area (Å²) in [7, 11) is 0. The van der Waals surface area contributed by atoms with Gasteiger partial charge in [-0.2, -0.15) is 9.36 Å². The van der Waals surface area contributed by atoms with Crippen molar-refractivity contribution in [2.24, 2.45) is 0 Å². The summed E-state index contributed by atoms with van der Waals surface area (Å²) >= 11 is 1.07. The second-order valence-corrected chi connectivity index (χ2v) is 3.47. The van der Waals surface area contributed by atoms with E-state index in [9.17, 15) is 4.79 Å². The molecule has 0 aliphatic heterocycles. The predicted octanol–water partition coefficient (Wildman–Crippen LogP) is 1.12. The highest BCUT2D eigenvalue weighted by Gasteiger charge is 2.09. The molecule has 5 nitrogen and oxygen atoms in total. The zero-order chi connectivity index (χ0) is 9.84. The molecule has 0 bridgehead atoms. The van der Waals surface area contributed by atoms with E-state index in [0.717, 1.165) is 11.5 Å². The van der Waals surface area contributed by atoms with Gasteiger partial charge in [0.25, 0.3) is 5.19 Å². The Morgan fingerprint density at radius 1 is 1.69 bits per heavy atom. The molecule has 0 aliphatic rings. The van der Waals surface area contributed by atoms with E-state index < -0.39 is 5.97 Å². The van der Waals surface area contributed by atoms with Gasteiger partial charge in [0.1, 0.15) is 5.82 Å². The zero-order valence-corrected chi connectivity index (χ0v) is 8.17. The first-order chi connectivity index (χ1) is 6.09. The minimum atomic E-state index is -1.01. The van der Waals surface area contributed by atoms with Gasteiger partial charge < -0.3 is 9.84 Å². The number of carboxylic acid groups (broad SMARTS) is 1. The van der Waals surface area contributed by atoms with Gasteiger partial charge in [0.05, 0.1) is 0 Å². The highest BCUT2D eigenvalue weighted by atomic mass is 32.1. The van der Waals surface area contributed by atoms with Crippen LogP contribution < -0.4 is 4.74 Å². The van der Waals surface area contributed by atoms with Gasteiger partial charge in [-0.05, 0) is 0 Å². The Balaban J connectivity index is 2.54. The molecule has 0 unspecified atom stereocenters. The molecule has 13 heavy (non-hydrogen) atoms. The van der Waals surface area contributed by atoms with Gasteiger partial charge in [-0.3, -0.25) is 0 Å². The van der Waals surface area contributed by atoms with Crippen LogP contribution in [0.4, 0.5) is 0 Å². The van der Waals surface area contributed by atoms with Crippen LogP contribution >= 0.6 is 11.5 Å². The zero-order valence-electron chi connectivity index (χ0n) is 7.35. The molecule has 1 rings (SSSR count). The van der Waals surface area contributed by atoms with Crippen molar-refractivity contribution in [2.45, 2.75) is 19.8 Å². The van der Waals surface area contributed by atoms with Gasteiger partial charge in [0.2, 0.25) is 0 Å². The molecule has 0 fully saturated rings. The Morgan fingerprint density at radius 3 is 2.85 bits per heavy atom. The Hall–Kier alpha value is -1.17. The molecular weight excluding hydrogens is 192 g/mol. The Kier molecular flexibility index (Phi) is 3.18. The first kappa shape index (κ1) is 9.91. The molecule has 0 saturated heterocycles. The predicted molar refractivity (Wildman–Crippen MR) is 47.1 cm³/mol. The molecule has 0 spiro atoms. The first-order valence-electron chi connectivity index (χ1n) is 3.77. The Morgan fingerprint density at radius 2 is 2.38 bits per heavy atom. The summed E-state index contributed by atoms with van der Waals surface area (Å²) in [6.45, 7) is 3.55. The normalized spacial score (nSPS) is 10.4. The van der Waals surface area contributed by atoms with Crippen molar-refractivity contribution >= 4 is 17.5 Å². The summed E-state index contributed by atoms with van der Waals surface area (Å²) in [4.78, 5) is 14.1. The number of hydrogen-bond acceptors (Lipinski definition) is 5. The molecule has 0 amide bonds. The number of carbonyl (C=O) groups is 1. The highest BCUT2D eigenvalue weighted by Crippen LogP contribution is 2.18. The second-order valence-electron chi connectivity index (χ2n) is 2.76. The molecule has 0 aromatic carbocycles. The molecular formula is C7H10N2O3S. The number of hydrogen-bond donors (Lipinski definition) is 1. The third kappa shape index (κ3) is 2.98. The van der Waals surface area contributed by atoms with E-state index in [2.05, 4.69) is 9.36 Å². The number of carboxylic acids is 1. The van der Waals surface area contributed by atoms with E-state index >= 15 is 0 Å². The van der Waals surface area contributed by atoms with Crippen LogP contribution in [-0.4, -0.2) is 27.0 Å². The topological polar surface area (TPSA) is 72.3 Å². The molecule has 6 heteroatoms. The fourth-order valence-electron chi connectivity index (χ4n) is 0.637. The van der Waals surface area contributed by atoms with Gasteiger partial charge in [-0.25, -0.2) is 4.79 Å². The maximum Gasteiger partial charge on any atom is 0.341 e. The SMILES string of the molecule is CC(C)c1nsc(OCC(=O)O)n1. The lowest BCUT2D eigenvalue weighted by Gasteiger charge is -1.96. The van der Waals surface area contributed by atoms with Crippen molar-refractivity contribution in [2.75, 3.05) is 6.61 Å². The molecule has 1 N–H and O–H groups in total. The Labute approximate surface area is 79.5 Å². The maximum atomic E-state index is 10.1. The molecule has 1 heterocycles. The van der Waals surface area contributed by atoms with Crippen molar-refractivity contribution in [3.8, 4) is 5.19 Å². The molecule has 0 radical (unpaired) electrons. The smallest absolute Gasteiger partial charge is 0.341 e. The molecule has 1 aromatic heterocycles. The number of rotatable bonds is 4. The van der Waals surface area contributed by atoms with Crippen molar-refractivity contribution in [3.63, 3.8) is 0 Å². The number of nitrogens with zero attached hydrogens (tertiary/aromatic N) is 2. The van der Waals surface area contributed by atoms with Crippen molar-refractivity contribution in [1.29, 1.82) is 0 Å². The molecule has 0 atom stereocenters. The summed E-state index contributed by atoms with van der Waals surface area (Å²) in [5.74, 6) is -0.0925. The largest absolute Gasteiger partial charge is 0.479 e. The highest BCUT2D eigenvalue weighted by molar-refractivity contribution is 7.07. The molecule has 1 aromatic rings. The summed E-state index contributed by atoms with van der Waals surface area (Å²) in [5.41, 5.74) is 0. The van der Waals surface area contributed by atoms with Gasteiger partial charge in [0, 0.05) is 17.5 Å². The van der Waals surface area contributed by atoms with Crippen LogP contribution in [0.2, 0.25) is 0 Å². The maximum absolute atomic E-state index is 10.1. The monoisotopic (exact) mass is 202 g/mol. The van der Waals surface area contributed by atoms with E-state index in [1.54, 1.807) is 0 Å². The fourth-order valence-corrected chi connectivity index (χ4v) is 1.31. The van der Waals surface area contributed by atoms with Crippen LogP contribution in [0.3, 0.4) is 0 Å². The quantitative estimate of drug-likeness (QED) is 0.792. The van der Waals surface area contributed by atoms with E-state index in [4.69, 9.17) is 9.84 Å².